The molecule has 0 aliphatic rings. The van der Waals surface area contributed by atoms with Gasteiger partial charge in [0.25, 0.3) is 10.0 Å². The summed E-state index contributed by atoms with van der Waals surface area (Å²) in [5.41, 5.74) is 3.55. The van der Waals surface area contributed by atoms with Gasteiger partial charge in [0.15, 0.2) is 5.65 Å². The lowest BCUT2D eigenvalue weighted by Gasteiger charge is -2.07. The maximum atomic E-state index is 14.0. The predicted octanol–water partition coefficient (Wildman–Crippen LogP) is 4.26. The van der Waals surface area contributed by atoms with Crippen LogP contribution in [-0.2, 0) is 10.0 Å². The molecule has 0 saturated carbocycles. The molecule has 0 amide bonds. The van der Waals surface area contributed by atoms with Crippen LogP contribution in [0.3, 0.4) is 0 Å². The summed E-state index contributed by atoms with van der Waals surface area (Å²) in [5, 5.41) is 0.449. The van der Waals surface area contributed by atoms with Gasteiger partial charge in [-0.2, -0.15) is 0 Å². The second-order valence-electron chi connectivity index (χ2n) is 6.78. The molecule has 5 aromatic rings. The summed E-state index contributed by atoms with van der Waals surface area (Å²) in [6, 6.07) is 12.4. The van der Waals surface area contributed by atoms with Gasteiger partial charge in [0.1, 0.15) is 11.3 Å². The van der Waals surface area contributed by atoms with E-state index in [2.05, 4.69) is 15.0 Å². The average molecular weight is 406 g/mol. The van der Waals surface area contributed by atoms with E-state index < -0.39 is 15.8 Å². The highest BCUT2D eigenvalue weighted by molar-refractivity contribution is 7.90. The number of benzene rings is 2. The highest BCUT2D eigenvalue weighted by Crippen LogP contribution is 2.33. The average Bonchev–Trinajstić information content (AvgIpc) is 3.32. The zero-order chi connectivity index (χ0) is 20.2. The molecule has 0 fully saturated rings. The lowest BCUT2D eigenvalue weighted by atomic mass is 10.1. The minimum absolute atomic E-state index is 0.156. The standard InChI is InChI=1S/C21H15FN4O2S/c1-13-2-5-15(6-3-13)29(27,28)26-12-17(16-10-14(22)4-7-20(16)26)19-11-24-21-18(25-19)8-9-23-21/h2-12H,1H3,(H,23,24). The number of H-pyrrole nitrogens is 1. The van der Waals surface area contributed by atoms with Gasteiger partial charge in [-0.05, 0) is 43.3 Å². The Kier molecular flexibility index (Phi) is 3.78. The number of aryl methyl sites for hydroxylation is 1. The molecule has 144 valence electrons. The third-order valence-electron chi connectivity index (χ3n) is 4.85. The van der Waals surface area contributed by atoms with Crippen LogP contribution in [0.2, 0.25) is 0 Å². The predicted molar refractivity (Wildman–Crippen MR) is 109 cm³/mol. The highest BCUT2D eigenvalue weighted by atomic mass is 32.2. The molecular formula is C21H15FN4O2S. The maximum absolute atomic E-state index is 14.0. The van der Waals surface area contributed by atoms with Crippen molar-refractivity contribution in [2.75, 3.05) is 0 Å². The second kappa shape index (κ2) is 6.25. The molecule has 0 radical (unpaired) electrons. The summed E-state index contributed by atoms with van der Waals surface area (Å²) < 4.78 is 41.8. The van der Waals surface area contributed by atoms with Crippen molar-refractivity contribution in [3.63, 3.8) is 0 Å². The van der Waals surface area contributed by atoms with Gasteiger partial charge in [-0.3, -0.25) is 0 Å². The van der Waals surface area contributed by atoms with Crippen molar-refractivity contribution in [3.05, 3.63) is 78.5 Å². The number of hydrogen-bond acceptors (Lipinski definition) is 4. The quantitative estimate of drug-likeness (QED) is 0.485. The van der Waals surface area contributed by atoms with E-state index in [9.17, 15) is 12.8 Å². The van der Waals surface area contributed by atoms with Crippen molar-refractivity contribution in [1.29, 1.82) is 0 Å². The maximum Gasteiger partial charge on any atom is 0.268 e. The van der Waals surface area contributed by atoms with Crippen LogP contribution < -0.4 is 0 Å². The second-order valence-corrected chi connectivity index (χ2v) is 8.60. The van der Waals surface area contributed by atoms with Crippen LogP contribution in [0, 0.1) is 12.7 Å². The van der Waals surface area contributed by atoms with Gasteiger partial charge >= 0.3 is 0 Å². The zero-order valence-electron chi connectivity index (χ0n) is 15.3. The van der Waals surface area contributed by atoms with E-state index in [-0.39, 0.29) is 4.90 Å². The molecule has 3 aromatic heterocycles. The topological polar surface area (TPSA) is 80.6 Å². The Morgan fingerprint density at radius 3 is 2.66 bits per heavy atom. The Bertz CT molecular complexity index is 1480. The fraction of sp³-hybridized carbons (Fsp3) is 0.0476. The summed E-state index contributed by atoms with van der Waals surface area (Å²) in [4.78, 5) is 12.0. The molecule has 0 aliphatic heterocycles. The van der Waals surface area contributed by atoms with Gasteiger partial charge in [-0.15, -0.1) is 0 Å². The van der Waals surface area contributed by atoms with Gasteiger partial charge in [0.05, 0.1) is 22.3 Å². The summed E-state index contributed by atoms with van der Waals surface area (Å²) >= 11 is 0. The molecule has 0 spiro atoms. The van der Waals surface area contributed by atoms with Crippen molar-refractivity contribution in [3.8, 4) is 11.3 Å². The molecular weight excluding hydrogens is 391 g/mol. The first kappa shape index (κ1) is 17.6. The molecule has 0 unspecified atom stereocenters. The molecule has 8 heteroatoms. The Morgan fingerprint density at radius 1 is 1.07 bits per heavy atom. The monoisotopic (exact) mass is 406 g/mol. The first-order valence-corrected chi connectivity index (χ1v) is 10.3. The largest absolute Gasteiger partial charge is 0.345 e. The van der Waals surface area contributed by atoms with Crippen molar-refractivity contribution in [1.82, 2.24) is 18.9 Å². The minimum atomic E-state index is -3.87. The molecule has 3 heterocycles. The summed E-state index contributed by atoms with van der Waals surface area (Å²) in [6.45, 7) is 1.89. The van der Waals surface area contributed by atoms with Gasteiger partial charge in [-0.1, -0.05) is 17.7 Å². The Labute approximate surface area is 165 Å². The van der Waals surface area contributed by atoms with Crippen LogP contribution in [0.25, 0.3) is 33.3 Å². The van der Waals surface area contributed by atoms with Crippen LogP contribution in [0.15, 0.2) is 72.0 Å². The lowest BCUT2D eigenvalue weighted by molar-refractivity contribution is 0.589. The number of aromatic amines is 1. The van der Waals surface area contributed by atoms with Crippen molar-refractivity contribution in [2.45, 2.75) is 11.8 Å². The molecule has 29 heavy (non-hydrogen) atoms. The third-order valence-corrected chi connectivity index (χ3v) is 6.53. The van der Waals surface area contributed by atoms with Crippen molar-refractivity contribution >= 4 is 32.1 Å². The highest BCUT2D eigenvalue weighted by Gasteiger charge is 2.23. The number of hydrogen-bond donors (Lipinski definition) is 1. The molecule has 2 aromatic carbocycles. The molecule has 6 nitrogen and oxygen atoms in total. The van der Waals surface area contributed by atoms with E-state index >= 15 is 0 Å². The van der Waals surface area contributed by atoms with Gasteiger partial charge in [-0.25, -0.2) is 26.7 Å². The fourth-order valence-electron chi connectivity index (χ4n) is 3.36. The van der Waals surface area contributed by atoms with Crippen molar-refractivity contribution < 1.29 is 12.8 Å². The Morgan fingerprint density at radius 2 is 1.86 bits per heavy atom. The SMILES string of the molecule is Cc1ccc(S(=O)(=O)n2cc(-c3cnc4[nH]ccc4n3)c3cc(F)ccc32)cc1. The van der Waals surface area contributed by atoms with Gasteiger partial charge < -0.3 is 4.98 Å². The van der Waals surface area contributed by atoms with E-state index in [4.69, 9.17) is 0 Å². The van der Waals surface area contributed by atoms with E-state index in [1.165, 1.54) is 28.4 Å². The first-order valence-electron chi connectivity index (χ1n) is 8.87. The Hall–Kier alpha value is -3.52. The smallest absolute Gasteiger partial charge is 0.268 e. The summed E-state index contributed by atoms with van der Waals surface area (Å²) in [7, 11) is -3.87. The van der Waals surface area contributed by atoms with E-state index in [1.807, 2.05) is 6.92 Å². The zero-order valence-corrected chi connectivity index (χ0v) is 16.1. The van der Waals surface area contributed by atoms with Crippen LogP contribution in [-0.4, -0.2) is 27.3 Å². The van der Waals surface area contributed by atoms with Crippen molar-refractivity contribution in [2.24, 2.45) is 0 Å². The van der Waals surface area contributed by atoms with Crippen LogP contribution >= 0.6 is 0 Å². The summed E-state index contributed by atoms with van der Waals surface area (Å²) in [5.74, 6) is -0.458. The minimum Gasteiger partial charge on any atom is -0.345 e. The fourth-order valence-corrected chi connectivity index (χ4v) is 4.73. The summed E-state index contributed by atoms with van der Waals surface area (Å²) in [6.07, 6.45) is 4.74. The number of nitrogens with zero attached hydrogens (tertiary/aromatic N) is 3. The molecule has 1 N–H and O–H groups in total. The van der Waals surface area contributed by atoms with Crippen LogP contribution in [0.5, 0.6) is 0 Å². The third kappa shape index (κ3) is 2.80. The van der Waals surface area contributed by atoms with Gasteiger partial charge in [0.2, 0.25) is 0 Å². The first-order chi connectivity index (χ1) is 13.9. The number of rotatable bonds is 3. The van der Waals surface area contributed by atoms with E-state index in [0.717, 1.165) is 5.56 Å². The number of fused-ring (bicyclic) bond motifs is 2. The molecule has 0 aliphatic carbocycles. The van der Waals surface area contributed by atoms with Crippen LogP contribution in [0.1, 0.15) is 5.56 Å². The molecule has 0 atom stereocenters. The Balaban J connectivity index is 1.78. The molecule has 0 bridgehead atoms. The lowest BCUT2D eigenvalue weighted by Crippen LogP contribution is -2.11. The normalized spacial score (nSPS) is 12.1. The van der Waals surface area contributed by atoms with Gasteiger partial charge in [0, 0.05) is 23.3 Å². The van der Waals surface area contributed by atoms with Crippen LogP contribution in [0.4, 0.5) is 4.39 Å². The molecule has 5 rings (SSSR count). The van der Waals surface area contributed by atoms with E-state index in [1.54, 1.807) is 42.7 Å². The molecule has 0 saturated heterocycles. The number of aromatic nitrogens is 4. The number of halogens is 1. The number of nitrogens with one attached hydrogen (secondary N) is 1. The van der Waals surface area contributed by atoms with E-state index in [0.29, 0.717) is 33.3 Å².